The Bertz CT molecular complexity index is 70.8. The molecule has 0 aliphatic heterocycles. The fourth-order valence-corrected chi connectivity index (χ4v) is 1.66. The molecule has 0 heterocycles. The molecule has 0 aromatic carbocycles. The fraction of sp³-hybridized carbons (Fsp3) is 1.00. The van der Waals surface area contributed by atoms with Crippen LogP contribution in [0.25, 0.3) is 0 Å². The van der Waals surface area contributed by atoms with E-state index in [1.54, 1.807) is 0 Å². The SMILES string of the molecule is CCNCCC[SiH2]C(O)O. The van der Waals surface area contributed by atoms with Gasteiger partial charge in [-0.1, -0.05) is 13.0 Å². The van der Waals surface area contributed by atoms with Gasteiger partial charge < -0.3 is 15.5 Å². The summed E-state index contributed by atoms with van der Waals surface area (Å²) in [6.45, 7) is 4.08. The van der Waals surface area contributed by atoms with E-state index >= 15 is 0 Å². The van der Waals surface area contributed by atoms with Crippen molar-refractivity contribution >= 4 is 9.52 Å². The Morgan fingerprint density at radius 1 is 1.50 bits per heavy atom. The molecule has 0 rings (SSSR count). The second-order valence-corrected chi connectivity index (χ2v) is 4.34. The van der Waals surface area contributed by atoms with Crippen LogP contribution in [0.4, 0.5) is 0 Å². The van der Waals surface area contributed by atoms with E-state index in [2.05, 4.69) is 12.2 Å². The van der Waals surface area contributed by atoms with Gasteiger partial charge in [0, 0.05) is 0 Å². The van der Waals surface area contributed by atoms with Gasteiger partial charge in [-0.05, 0) is 19.5 Å². The summed E-state index contributed by atoms with van der Waals surface area (Å²) in [5, 5.41) is 20.2. The second kappa shape index (κ2) is 7.21. The van der Waals surface area contributed by atoms with Gasteiger partial charge in [-0.15, -0.1) is 0 Å². The molecule has 0 unspecified atom stereocenters. The molecule has 10 heavy (non-hydrogen) atoms. The van der Waals surface area contributed by atoms with Gasteiger partial charge in [-0.3, -0.25) is 0 Å². The van der Waals surface area contributed by atoms with Crippen LogP contribution in [-0.4, -0.2) is 38.7 Å². The third-order valence-corrected chi connectivity index (χ3v) is 2.74. The van der Waals surface area contributed by atoms with Crippen LogP contribution in [-0.2, 0) is 0 Å². The van der Waals surface area contributed by atoms with Gasteiger partial charge in [0.2, 0.25) is 0 Å². The Balaban J connectivity index is 2.77. The van der Waals surface area contributed by atoms with Crippen molar-refractivity contribution in [3.8, 4) is 0 Å². The van der Waals surface area contributed by atoms with E-state index in [0.717, 1.165) is 25.6 Å². The predicted molar refractivity (Wildman–Crippen MR) is 44.7 cm³/mol. The summed E-state index contributed by atoms with van der Waals surface area (Å²) in [7, 11) is -0.611. The number of aliphatic hydroxyl groups is 2. The molecule has 0 bridgehead atoms. The summed E-state index contributed by atoms with van der Waals surface area (Å²) in [6.07, 6.45) is 1.08. The minimum atomic E-state index is -0.985. The summed E-state index contributed by atoms with van der Waals surface area (Å²) in [5.74, 6) is -0.985. The maximum absolute atomic E-state index is 8.51. The number of hydrogen-bond donors (Lipinski definition) is 3. The van der Waals surface area contributed by atoms with E-state index in [0.29, 0.717) is 0 Å². The molecule has 0 amide bonds. The first kappa shape index (κ1) is 10.1. The molecule has 0 aromatic rings. The highest BCUT2D eigenvalue weighted by atomic mass is 28.2. The van der Waals surface area contributed by atoms with Crippen molar-refractivity contribution in [2.45, 2.75) is 25.3 Å². The first-order chi connectivity index (χ1) is 4.77. The quantitative estimate of drug-likeness (QED) is 0.263. The van der Waals surface area contributed by atoms with Crippen LogP contribution in [0.15, 0.2) is 0 Å². The minimum Gasteiger partial charge on any atom is -0.373 e. The minimum absolute atomic E-state index is 0.611. The molecule has 4 heteroatoms. The second-order valence-electron chi connectivity index (χ2n) is 2.33. The molecule has 0 saturated carbocycles. The van der Waals surface area contributed by atoms with Crippen molar-refractivity contribution in [3.63, 3.8) is 0 Å². The van der Waals surface area contributed by atoms with Gasteiger partial charge in [-0.2, -0.15) is 0 Å². The topological polar surface area (TPSA) is 52.5 Å². The Kier molecular flexibility index (Phi) is 7.28. The van der Waals surface area contributed by atoms with Crippen LogP contribution < -0.4 is 5.32 Å². The van der Waals surface area contributed by atoms with Crippen LogP contribution in [0.3, 0.4) is 0 Å². The molecule has 0 radical (unpaired) electrons. The largest absolute Gasteiger partial charge is 0.373 e. The zero-order valence-corrected chi connectivity index (χ0v) is 7.92. The Hall–Kier alpha value is 0.0969. The summed E-state index contributed by atoms with van der Waals surface area (Å²) >= 11 is 0. The highest BCUT2D eigenvalue weighted by molar-refractivity contribution is 6.36. The summed E-state index contributed by atoms with van der Waals surface area (Å²) in [6, 6.07) is 1.02. The zero-order valence-electron chi connectivity index (χ0n) is 6.51. The van der Waals surface area contributed by atoms with E-state index in [-0.39, 0.29) is 0 Å². The maximum atomic E-state index is 8.51. The van der Waals surface area contributed by atoms with Crippen LogP contribution in [0.5, 0.6) is 0 Å². The molecule has 0 fully saturated rings. The molecule has 0 aliphatic rings. The van der Waals surface area contributed by atoms with Gasteiger partial charge in [0.05, 0.1) is 9.52 Å². The van der Waals surface area contributed by atoms with Crippen molar-refractivity contribution in [1.29, 1.82) is 0 Å². The Morgan fingerprint density at radius 3 is 2.70 bits per heavy atom. The first-order valence-corrected chi connectivity index (χ1v) is 5.66. The molecule has 0 saturated heterocycles. The highest BCUT2D eigenvalue weighted by Gasteiger charge is 1.96. The molecule has 0 aromatic heterocycles. The lowest BCUT2D eigenvalue weighted by Crippen LogP contribution is -2.18. The van der Waals surface area contributed by atoms with Crippen LogP contribution in [0, 0.1) is 0 Å². The van der Waals surface area contributed by atoms with Crippen LogP contribution in [0.1, 0.15) is 13.3 Å². The van der Waals surface area contributed by atoms with Crippen molar-refractivity contribution in [2.75, 3.05) is 13.1 Å². The van der Waals surface area contributed by atoms with Crippen LogP contribution in [0.2, 0.25) is 6.04 Å². The van der Waals surface area contributed by atoms with Crippen molar-refractivity contribution < 1.29 is 10.2 Å². The monoisotopic (exact) mass is 163 g/mol. The third-order valence-electron chi connectivity index (χ3n) is 1.32. The first-order valence-electron chi connectivity index (χ1n) is 3.84. The lowest BCUT2D eigenvalue weighted by atomic mass is 10.5. The molecule has 3 nitrogen and oxygen atoms in total. The fourth-order valence-electron chi connectivity index (χ4n) is 0.754. The normalized spacial score (nSPS) is 12.0. The Labute approximate surface area is 64.3 Å². The lowest BCUT2D eigenvalue weighted by Gasteiger charge is -2.02. The summed E-state index contributed by atoms with van der Waals surface area (Å²) < 4.78 is 0. The molecular formula is C6H17NO2Si. The molecule has 3 N–H and O–H groups in total. The van der Waals surface area contributed by atoms with E-state index in [1.807, 2.05) is 0 Å². The van der Waals surface area contributed by atoms with Crippen LogP contribution >= 0.6 is 0 Å². The number of rotatable bonds is 6. The molecule has 0 spiro atoms. The van der Waals surface area contributed by atoms with E-state index in [4.69, 9.17) is 10.2 Å². The highest BCUT2D eigenvalue weighted by Crippen LogP contribution is 1.87. The van der Waals surface area contributed by atoms with Gasteiger partial charge >= 0.3 is 0 Å². The number of hydrogen-bond acceptors (Lipinski definition) is 3. The van der Waals surface area contributed by atoms with Crippen molar-refractivity contribution in [2.24, 2.45) is 0 Å². The molecule has 0 atom stereocenters. The zero-order chi connectivity index (χ0) is 7.82. The van der Waals surface area contributed by atoms with Crippen molar-refractivity contribution in [3.05, 3.63) is 0 Å². The average molecular weight is 163 g/mol. The molecular weight excluding hydrogens is 146 g/mol. The number of aliphatic hydroxyl groups excluding tert-OH is 1. The third kappa shape index (κ3) is 8.10. The standard InChI is InChI=1S/C6H17NO2Si/c1-2-7-4-3-5-10-6(8)9/h6-9H,2-5,10H2,1H3. The van der Waals surface area contributed by atoms with Gasteiger partial charge in [0.25, 0.3) is 0 Å². The van der Waals surface area contributed by atoms with E-state index < -0.39 is 15.4 Å². The molecule has 0 aliphatic carbocycles. The predicted octanol–water partition coefficient (Wildman–Crippen LogP) is -1.16. The average Bonchev–Trinajstić information content (AvgIpc) is 1.87. The summed E-state index contributed by atoms with van der Waals surface area (Å²) in [4.78, 5) is 0. The van der Waals surface area contributed by atoms with E-state index in [9.17, 15) is 0 Å². The van der Waals surface area contributed by atoms with Gasteiger partial charge in [0.1, 0.15) is 5.91 Å². The lowest BCUT2D eigenvalue weighted by molar-refractivity contribution is 0.0289. The van der Waals surface area contributed by atoms with Gasteiger partial charge in [0.15, 0.2) is 0 Å². The molecule has 62 valence electrons. The number of nitrogens with one attached hydrogen (secondary N) is 1. The van der Waals surface area contributed by atoms with Gasteiger partial charge in [-0.25, -0.2) is 0 Å². The Morgan fingerprint density at radius 2 is 2.20 bits per heavy atom. The smallest absolute Gasteiger partial charge is 0.128 e. The van der Waals surface area contributed by atoms with E-state index in [1.165, 1.54) is 0 Å². The summed E-state index contributed by atoms with van der Waals surface area (Å²) in [5.41, 5.74) is 0. The van der Waals surface area contributed by atoms with Crippen molar-refractivity contribution in [1.82, 2.24) is 5.32 Å². The maximum Gasteiger partial charge on any atom is 0.128 e.